The molecule has 1 N–H and O–H groups in total. The molecule has 6 heteroatoms. The lowest BCUT2D eigenvalue weighted by molar-refractivity contribution is 0.228. The van der Waals surface area contributed by atoms with Gasteiger partial charge in [0.2, 0.25) is 5.28 Å². The summed E-state index contributed by atoms with van der Waals surface area (Å²) >= 11 is 12.0. The van der Waals surface area contributed by atoms with E-state index in [1.54, 1.807) is 0 Å². The lowest BCUT2D eigenvalue weighted by atomic mass is 9.99. The molecule has 0 aromatic carbocycles. The van der Waals surface area contributed by atoms with Gasteiger partial charge in [-0.3, -0.25) is 0 Å². The highest BCUT2D eigenvalue weighted by atomic mass is 35.5. The minimum absolute atomic E-state index is 0.0334. The first-order chi connectivity index (χ1) is 8.54. The van der Waals surface area contributed by atoms with Crippen LogP contribution in [0.5, 0.6) is 0 Å². The average molecular weight is 290 g/mol. The van der Waals surface area contributed by atoms with Crippen molar-refractivity contribution in [2.45, 2.75) is 32.7 Å². The molecule has 100 valence electrons. The third-order valence-electron chi connectivity index (χ3n) is 3.36. The average Bonchev–Trinajstić information content (AvgIpc) is 2.30. The van der Waals surface area contributed by atoms with Gasteiger partial charge in [0.1, 0.15) is 11.0 Å². The smallest absolute Gasteiger partial charge is 0.225 e. The first-order valence-electron chi connectivity index (χ1n) is 6.14. The van der Waals surface area contributed by atoms with Gasteiger partial charge in [0.15, 0.2) is 0 Å². The highest BCUT2D eigenvalue weighted by Gasteiger charge is 2.29. The monoisotopic (exact) mass is 289 g/mol. The van der Waals surface area contributed by atoms with Crippen molar-refractivity contribution in [2.75, 3.05) is 18.1 Å². The van der Waals surface area contributed by atoms with Crippen LogP contribution in [0.1, 0.15) is 25.8 Å². The molecular weight excluding hydrogens is 273 g/mol. The first kappa shape index (κ1) is 13.8. The summed E-state index contributed by atoms with van der Waals surface area (Å²) in [7, 11) is 0. The van der Waals surface area contributed by atoms with Crippen LogP contribution in [-0.4, -0.2) is 34.3 Å². The maximum atomic E-state index is 9.56. The third kappa shape index (κ3) is 2.56. The van der Waals surface area contributed by atoms with Crippen LogP contribution >= 0.6 is 23.2 Å². The van der Waals surface area contributed by atoms with Crippen LogP contribution in [-0.2, 0) is 6.42 Å². The number of aliphatic hydroxyl groups excluding tert-OH is 1. The molecule has 2 heterocycles. The zero-order chi connectivity index (χ0) is 13.3. The minimum atomic E-state index is 0.0334. The lowest BCUT2D eigenvalue weighted by Gasteiger charge is -2.38. The van der Waals surface area contributed by atoms with E-state index in [1.807, 2.05) is 0 Å². The number of hydrogen-bond acceptors (Lipinski definition) is 4. The predicted octanol–water partition coefficient (Wildman–Crippen LogP) is 2.55. The second-order valence-electron chi connectivity index (χ2n) is 4.88. The zero-order valence-electron chi connectivity index (χ0n) is 10.5. The largest absolute Gasteiger partial charge is 0.394 e. The topological polar surface area (TPSA) is 49.2 Å². The minimum Gasteiger partial charge on any atom is -0.394 e. The summed E-state index contributed by atoms with van der Waals surface area (Å²) in [5.41, 5.74) is 0.936. The summed E-state index contributed by atoms with van der Waals surface area (Å²) in [4.78, 5) is 10.4. The number of aromatic nitrogens is 2. The summed E-state index contributed by atoms with van der Waals surface area (Å²) in [5, 5.41) is 10.1. The number of anilines is 1. The van der Waals surface area contributed by atoms with Crippen LogP contribution < -0.4 is 4.90 Å². The molecule has 0 radical (unpaired) electrons. The maximum Gasteiger partial charge on any atom is 0.225 e. The van der Waals surface area contributed by atoms with E-state index in [9.17, 15) is 5.11 Å². The number of nitrogens with zero attached hydrogens (tertiary/aromatic N) is 3. The molecule has 0 spiro atoms. The molecule has 1 aliphatic rings. The predicted molar refractivity (Wildman–Crippen MR) is 73.4 cm³/mol. The second-order valence-corrected chi connectivity index (χ2v) is 5.57. The fraction of sp³-hybridized carbons (Fsp3) is 0.667. The molecule has 1 unspecified atom stereocenters. The number of aliphatic hydroxyl groups is 1. The van der Waals surface area contributed by atoms with E-state index in [1.165, 1.54) is 0 Å². The maximum absolute atomic E-state index is 9.56. The molecule has 0 saturated carbocycles. The number of halogens is 2. The van der Waals surface area contributed by atoms with E-state index in [2.05, 4.69) is 28.7 Å². The van der Waals surface area contributed by atoms with Crippen LogP contribution in [0.25, 0.3) is 0 Å². The van der Waals surface area contributed by atoms with E-state index < -0.39 is 0 Å². The summed E-state index contributed by atoms with van der Waals surface area (Å²) in [6, 6.07) is 0.0334. The molecule has 0 fully saturated rings. The fourth-order valence-electron chi connectivity index (χ4n) is 2.40. The highest BCUT2D eigenvalue weighted by Crippen LogP contribution is 2.33. The molecule has 0 amide bonds. The SMILES string of the molecule is CC(C)C(CO)N1CCCc2c(Cl)nc(Cl)nc21. The van der Waals surface area contributed by atoms with Crippen LogP contribution in [0.2, 0.25) is 10.4 Å². The Bertz CT molecular complexity index is 440. The van der Waals surface area contributed by atoms with Gasteiger partial charge in [-0.1, -0.05) is 25.4 Å². The zero-order valence-corrected chi connectivity index (χ0v) is 12.0. The standard InChI is InChI=1S/C12H17Cl2N3O/c1-7(2)9(6-18)17-5-3-4-8-10(13)15-12(14)16-11(8)17/h7,9,18H,3-6H2,1-2H3. The number of fused-ring (bicyclic) bond motifs is 1. The van der Waals surface area contributed by atoms with Crippen molar-refractivity contribution >= 4 is 29.0 Å². The van der Waals surface area contributed by atoms with E-state index in [0.717, 1.165) is 30.8 Å². The Morgan fingerprint density at radius 2 is 2.06 bits per heavy atom. The Kier molecular flexibility index (Phi) is 4.30. The van der Waals surface area contributed by atoms with Crippen LogP contribution in [0.3, 0.4) is 0 Å². The van der Waals surface area contributed by atoms with Gasteiger partial charge in [0.25, 0.3) is 0 Å². The molecular formula is C12H17Cl2N3O. The molecule has 1 aliphatic heterocycles. The summed E-state index contributed by atoms with van der Waals surface area (Å²) < 4.78 is 0. The molecule has 2 rings (SSSR count). The van der Waals surface area contributed by atoms with Gasteiger partial charge in [-0.15, -0.1) is 0 Å². The molecule has 0 saturated heterocycles. The molecule has 18 heavy (non-hydrogen) atoms. The Balaban J connectivity index is 2.44. The van der Waals surface area contributed by atoms with Crippen molar-refractivity contribution in [3.63, 3.8) is 0 Å². The first-order valence-corrected chi connectivity index (χ1v) is 6.89. The van der Waals surface area contributed by atoms with Crippen molar-refractivity contribution < 1.29 is 5.11 Å². The van der Waals surface area contributed by atoms with Crippen LogP contribution in [0, 0.1) is 5.92 Å². The van der Waals surface area contributed by atoms with Crippen molar-refractivity contribution in [1.29, 1.82) is 0 Å². The highest BCUT2D eigenvalue weighted by molar-refractivity contribution is 6.32. The number of rotatable bonds is 3. The molecule has 0 bridgehead atoms. The summed E-state index contributed by atoms with van der Waals surface area (Å²) in [6.45, 7) is 5.12. The van der Waals surface area contributed by atoms with Crippen molar-refractivity contribution in [2.24, 2.45) is 5.92 Å². The van der Waals surface area contributed by atoms with Gasteiger partial charge >= 0.3 is 0 Å². The van der Waals surface area contributed by atoms with Crippen molar-refractivity contribution in [3.8, 4) is 0 Å². The second kappa shape index (κ2) is 5.59. The Morgan fingerprint density at radius 1 is 1.33 bits per heavy atom. The van der Waals surface area contributed by atoms with Gasteiger partial charge in [0.05, 0.1) is 12.6 Å². The van der Waals surface area contributed by atoms with E-state index in [0.29, 0.717) is 11.1 Å². The van der Waals surface area contributed by atoms with Gasteiger partial charge < -0.3 is 10.0 Å². The van der Waals surface area contributed by atoms with E-state index >= 15 is 0 Å². The van der Waals surface area contributed by atoms with Crippen molar-refractivity contribution in [1.82, 2.24) is 9.97 Å². The normalized spacial score (nSPS) is 16.9. The summed E-state index contributed by atoms with van der Waals surface area (Å²) in [5.74, 6) is 1.10. The van der Waals surface area contributed by atoms with Crippen LogP contribution in [0.15, 0.2) is 0 Å². The Labute approximate surface area is 117 Å². The van der Waals surface area contributed by atoms with Gasteiger partial charge in [-0.2, -0.15) is 0 Å². The molecule has 1 aromatic heterocycles. The Hall–Kier alpha value is -0.580. The third-order valence-corrected chi connectivity index (χ3v) is 3.84. The van der Waals surface area contributed by atoms with Crippen LogP contribution in [0.4, 0.5) is 5.82 Å². The summed E-state index contributed by atoms with van der Waals surface area (Å²) in [6.07, 6.45) is 1.85. The van der Waals surface area contributed by atoms with Gasteiger partial charge in [0, 0.05) is 12.1 Å². The van der Waals surface area contributed by atoms with E-state index in [-0.39, 0.29) is 17.9 Å². The number of hydrogen-bond donors (Lipinski definition) is 1. The van der Waals surface area contributed by atoms with E-state index in [4.69, 9.17) is 23.2 Å². The molecule has 1 atom stereocenters. The van der Waals surface area contributed by atoms with Gasteiger partial charge in [-0.05, 0) is 30.4 Å². The fourth-order valence-corrected chi connectivity index (χ4v) is 2.86. The van der Waals surface area contributed by atoms with Crippen molar-refractivity contribution in [3.05, 3.63) is 16.0 Å². The Morgan fingerprint density at radius 3 is 2.67 bits per heavy atom. The molecule has 0 aliphatic carbocycles. The molecule has 1 aromatic rings. The quantitative estimate of drug-likeness (QED) is 0.686. The van der Waals surface area contributed by atoms with Gasteiger partial charge in [-0.25, -0.2) is 9.97 Å². The lowest BCUT2D eigenvalue weighted by Crippen LogP contribution is -2.45. The molecule has 4 nitrogen and oxygen atoms in total.